The third-order valence-corrected chi connectivity index (χ3v) is 4.36. The molecule has 8 heteroatoms. The summed E-state index contributed by atoms with van der Waals surface area (Å²) >= 11 is 0. The van der Waals surface area contributed by atoms with Crippen molar-refractivity contribution in [2.45, 2.75) is 72.2 Å². The molecule has 1 aliphatic heterocycles. The molecule has 7 nitrogen and oxygen atoms in total. The molecule has 0 atom stereocenters. The van der Waals surface area contributed by atoms with Crippen LogP contribution in [0.2, 0.25) is 0 Å². The zero-order valence-electron chi connectivity index (χ0n) is 16.4. The summed E-state index contributed by atoms with van der Waals surface area (Å²) in [5, 5.41) is 0. The Morgan fingerprint density at radius 3 is 2.12 bits per heavy atom. The van der Waals surface area contributed by atoms with E-state index in [1.165, 1.54) is 11.1 Å². The third-order valence-electron chi connectivity index (χ3n) is 4.36. The lowest BCUT2D eigenvalue weighted by atomic mass is 9.85. The van der Waals surface area contributed by atoms with E-state index in [0.29, 0.717) is 18.0 Å². The first-order valence-electron chi connectivity index (χ1n) is 8.54. The fraction of sp³-hybridized carbons (Fsp3) is 0.706. The third kappa shape index (κ3) is 4.30. The number of amides is 1. The summed E-state index contributed by atoms with van der Waals surface area (Å²) in [6, 6.07) is 0. The van der Waals surface area contributed by atoms with Crippen molar-refractivity contribution in [2.75, 3.05) is 11.4 Å². The van der Waals surface area contributed by atoms with Gasteiger partial charge in [0, 0.05) is 12.7 Å². The van der Waals surface area contributed by atoms with E-state index >= 15 is 0 Å². The van der Waals surface area contributed by atoms with Gasteiger partial charge in [-0.1, -0.05) is 0 Å². The molecule has 0 aliphatic carbocycles. The maximum Gasteiger partial charge on any atom is 0.516 e. The standard InChI is InChI=1S/C17H28BN3O4/c1-9-21(14(22)23-15(2,3)4)13-11-19-12(10-20-13)18-24-16(5,6)17(7,8)25-18/h10-11H,9H2,1-8H3. The highest BCUT2D eigenvalue weighted by molar-refractivity contribution is 6.61. The van der Waals surface area contributed by atoms with Crippen molar-refractivity contribution in [2.24, 2.45) is 0 Å². The second-order valence-corrected chi connectivity index (χ2v) is 8.11. The Labute approximate surface area is 150 Å². The SMILES string of the molecule is CCN(C(=O)OC(C)(C)C)c1cnc(B2OC(C)(C)C(C)(C)O2)cn1. The molecule has 0 unspecified atom stereocenters. The molecule has 1 aliphatic rings. The highest BCUT2D eigenvalue weighted by Crippen LogP contribution is 2.36. The Morgan fingerprint density at radius 1 is 1.16 bits per heavy atom. The smallest absolute Gasteiger partial charge is 0.443 e. The average Bonchev–Trinajstić information content (AvgIpc) is 2.67. The van der Waals surface area contributed by atoms with Crippen molar-refractivity contribution in [1.29, 1.82) is 0 Å². The highest BCUT2D eigenvalue weighted by atomic mass is 16.7. The van der Waals surface area contributed by atoms with Gasteiger partial charge in [-0.2, -0.15) is 0 Å². The van der Waals surface area contributed by atoms with Crippen LogP contribution in [0.25, 0.3) is 0 Å². The van der Waals surface area contributed by atoms with Crippen molar-refractivity contribution in [3.05, 3.63) is 12.4 Å². The van der Waals surface area contributed by atoms with E-state index in [2.05, 4.69) is 9.97 Å². The van der Waals surface area contributed by atoms with E-state index in [1.807, 2.05) is 55.4 Å². The van der Waals surface area contributed by atoms with Crippen molar-refractivity contribution >= 4 is 24.6 Å². The molecule has 0 radical (unpaired) electrons. The van der Waals surface area contributed by atoms with E-state index in [1.54, 1.807) is 6.20 Å². The number of ether oxygens (including phenoxy) is 1. The molecule has 1 fully saturated rings. The van der Waals surface area contributed by atoms with Crippen LogP contribution in [0.1, 0.15) is 55.4 Å². The Kier molecular flexibility index (Phi) is 5.17. The molecule has 1 aromatic rings. The predicted molar refractivity (Wildman–Crippen MR) is 97.0 cm³/mol. The van der Waals surface area contributed by atoms with Crippen LogP contribution in [-0.2, 0) is 14.0 Å². The van der Waals surface area contributed by atoms with E-state index in [9.17, 15) is 4.79 Å². The molecule has 0 bridgehead atoms. The molecular weight excluding hydrogens is 321 g/mol. The van der Waals surface area contributed by atoms with E-state index < -0.39 is 30.0 Å². The second kappa shape index (κ2) is 6.57. The molecule has 2 rings (SSSR count). The zero-order chi connectivity index (χ0) is 19.0. The van der Waals surface area contributed by atoms with Crippen LogP contribution < -0.4 is 10.5 Å². The monoisotopic (exact) mass is 349 g/mol. The zero-order valence-corrected chi connectivity index (χ0v) is 16.4. The lowest BCUT2D eigenvalue weighted by Gasteiger charge is -2.32. The normalized spacial score (nSPS) is 19.0. The van der Waals surface area contributed by atoms with Crippen LogP contribution in [0, 0.1) is 0 Å². The number of hydrogen-bond acceptors (Lipinski definition) is 6. The summed E-state index contributed by atoms with van der Waals surface area (Å²) in [5.41, 5.74) is -0.878. The minimum Gasteiger partial charge on any atom is -0.443 e. The van der Waals surface area contributed by atoms with Gasteiger partial charge in [-0.25, -0.2) is 9.78 Å². The molecule has 1 saturated heterocycles. The molecule has 0 N–H and O–H groups in total. The number of anilines is 1. The average molecular weight is 349 g/mol. The first kappa shape index (κ1) is 19.7. The lowest BCUT2D eigenvalue weighted by molar-refractivity contribution is 0.00578. The Morgan fingerprint density at radius 2 is 1.72 bits per heavy atom. The van der Waals surface area contributed by atoms with Gasteiger partial charge in [0.05, 0.1) is 23.0 Å². The Hall–Kier alpha value is -1.67. The van der Waals surface area contributed by atoms with Crippen LogP contribution in [0.15, 0.2) is 12.4 Å². The number of aromatic nitrogens is 2. The number of nitrogens with zero attached hydrogens (tertiary/aromatic N) is 3. The topological polar surface area (TPSA) is 73.8 Å². The van der Waals surface area contributed by atoms with Crippen LogP contribution >= 0.6 is 0 Å². The van der Waals surface area contributed by atoms with E-state index in [-0.39, 0.29) is 0 Å². The van der Waals surface area contributed by atoms with Crippen LogP contribution in [0.4, 0.5) is 10.6 Å². The van der Waals surface area contributed by atoms with Crippen molar-refractivity contribution in [3.63, 3.8) is 0 Å². The van der Waals surface area contributed by atoms with Crippen LogP contribution in [0.3, 0.4) is 0 Å². The maximum absolute atomic E-state index is 12.3. The van der Waals surface area contributed by atoms with E-state index in [4.69, 9.17) is 14.0 Å². The molecule has 1 aromatic heterocycles. The molecule has 138 valence electrons. The van der Waals surface area contributed by atoms with Crippen LogP contribution in [0.5, 0.6) is 0 Å². The molecule has 0 aromatic carbocycles. The summed E-state index contributed by atoms with van der Waals surface area (Å²) < 4.78 is 17.3. The van der Waals surface area contributed by atoms with Crippen molar-refractivity contribution < 1.29 is 18.8 Å². The van der Waals surface area contributed by atoms with Gasteiger partial charge in [-0.15, -0.1) is 0 Å². The predicted octanol–water partition coefficient (Wildman–Crippen LogP) is 2.54. The summed E-state index contributed by atoms with van der Waals surface area (Å²) in [6.07, 6.45) is 2.66. The Balaban J connectivity index is 2.15. The van der Waals surface area contributed by atoms with Crippen molar-refractivity contribution in [1.82, 2.24) is 9.97 Å². The fourth-order valence-electron chi connectivity index (χ4n) is 2.26. The summed E-state index contributed by atoms with van der Waals surface area (Å²) in [7, 11) is -0.580. The van der Waals surface area contributed by atoms with Gasteiger partial charge < -0.3 is 14.0 Å². The molecule has 2 heterocycles. The van der Waals surface area contributed by atoms with Gasteiger partial charge in [0.2, 0.25) is 0 Å². The van der Waals surface area contributed by atoms with Gasteiger partial charge in [0.15, 0.2) is 5.82 Å². The number of carbonyl (C=O) groups excluding carboxylic acids is 1. The van der Waals surface area contributed by atoms with Gasteiger partial charge in [0.1, 0.15) is 5.60 Å². The summed E-state index contributed by atoms with van der Waals surface area (Å²) in [5.74, 6) is 0.428. The summed E-state index contributed by atoms with van der Waals surface area (Å²) in [6.45, 7) is 15.7. The Bertz CT molecular complexity index is 610. The maximum atomic E-state index is 12.3. The summed E-state index contributed by atoms with van der Waals surface area (Å²) in [4.78, 5) is 22.4. The van der Waals surface area contributed by atoms with Gasteiger partial charge in [0.25, 0.3) is 0 Å². The largest absolute Gasteiger partial charge is 0.516 e. The second-order valence-electron chi connectivity index (χ2n) is 8.11. The minimum absolute atomic E-state index is 0.428. The molecular formula is C17H28BN3O4. The first-order valence-corrected chi connectivity index (χ1v) is 8.54. The quantitative estimate of drug-likeness (QED) is 0.781. The van der Waals surface area contributed by atoms with Gasteiger partial charge >= 0.3 is 13.2 Å². The molecule has 0 saturated carbocycles. The van der Waals surface area contributed by atoms with Crippen LogP contribution in [-0.4, -0.2) is 46.5 Å². The molecule has 25 heavy (non-hydrogen) atoms. The number of carbonyl (C=O) groups is 1. The van der Waals surface area contributed by atoms with Crippen molar-refractivity contribution in [3.8, 4) is 0 Å². The lowest BCUT2D eigenvalue weighted by Crippen LogP contribution is -2.41. The first-order chi connectivity index (χ1) is 11.4. The van der Waals surface area contributed by atoms with Gasteiger partial charge in [-0.3, -0.25) is 9.88 Å². The van der Waals surface area contributed by atoms with E-state index in [0.717, 1.165) is 0 Å². The molecule has 0 spiro atoms. The highest BCUT2D eigenvalue weighted by Gasteiger charge is 2.52. The minimum atomic E-state index is -0.580. The molecule has 1 amide bonds. The van der Waals surface area contributed by atoms with Gasteiger partial charge in [-0.05, 0) is 55.4 Å². The number of hydrogen-bond donors (Lipinski definition) is 0. The number of rotatable bonds is 3. The fourth-order valence-corrected chi connectivity index (χ4v) is 2.26.